The van der Waals surface area contributed by atoms with Gasteiger partial charge in [-0.1, -0.05) is 6.07 Å². The lowest BCUT2D eigenvalue weighted by Gasteiger charge is -2.34. The fourth-order valence-electron chi connectivity index (χ4n) is 3.79. The molecule has 0 aliphatic carbocycles. The number of sulfonamides is 1. The van der Waals surface area contributed by atoms with E-state index < -0.39 is 10.0 Å². The third-order valence-corrected chi connectivity index (χ3v) is 7.45. The highest BCUT2D eigenvalue weighted by Crippen LogP contribution is 2.25. The highest BCUT2D eigenvalue weighted by atomic mass is 32.2. The van der Waals surface area contributed by atoms with E-state index >= 15 is 0 Å². The van der Waals surface area contributed by atoms with Crippen molar-refractivity contribution in [1.82, 2.24) is 19.6 Å². The Morgan fingerprint density at radius 2 is 1.55 bits per heavy atom. The van der Waals surface area contributed by atoms with Gasteiger partial charge in [-0.3, -0.25) is 4.90 Å². The van der Waals surface area contributed by atoms with Gasteiger partial charge in [0.2, 0.25) is 16.0 Å². The third-order valence-electron chi connectivity index (χ3n) is 5.72. The molecule has 0 atom stereocenters. The summed E-state index contributed by atoms with van der Waals surface area (Å²) in [5, 5.41) is 0. The van der Waals surface area contributed by atoms with Gasteiger partial charge in [0, 0.05) is 45.1 Å². The van der Waals surface area contributed by atoms with E-state index in [2.05, 4.69) is 24.5 Å². The lowest BCUT2D eigenvalue weighted by atomic mass is 10.0. The summed E-state index contributed by atoms with van der Waals surface area (Å²) >= 11 is 0. The van der Waals surface area contributed by atoms with Crippen LogP contribution < -0.4 is 9.62 Å². The zero-order valence-corrected chi connectivity index (χ0v) is 18.6. The van der Waals surface area contributed by atoms with Crippen LogP contribution in [0.25, 0.3) is 0 Å². The number of aryl methyl sites for hydroxylation is 2. The number of benzene rings is 1. The molecule has 1 N–H and O–H groups in total. The predicted octanol–water partition coefficient (Wildman–Crippen LogP) is 2.20. The molecule has 0 bridgehead atoms. The average molecular weight is 418 g/mol. The molecule has 0 amide bonds. The minimum Gasteiger partial charge on any atom is -0.338 e. The van der Waals surface area contributed by atoms with E-state index in [0.29, 0.717) is 11.4 Å². The maximum absolute atomic E-state index is 12.9. The molecule has 0 spiro atoms. The number of piperazine rings is 1. The summed E-state index contributed by atoms with van der Waals surface area (Å²) < 4.78 is 28.6. The second-order valence-electron chi connectivity index (χ2n) is 7.72. The van der Waals surface area contributed by atoms with Crippen molar-refractivity contribution in [3.63, 3.8) is 0 Å². The number of anilines is 1. The highest BCUT2D eigenvalue weighted by molar-refractivity contribution is 7.89. The van der Waals surface area contributed by atoms with E-state index in [1.54, 1.807) is 12.4 Å². The second-order valence-corrected chi connectivity index (χ2v) is 9.42. The standard InChI is InChI=1S/C21H31N5O2S/c1-16-15-17(2)19(4)20(18(16)3)29(27,28)24-9-6-10-25-11-13-26(14-12-25)21-22-7-5-8-23-21/h5,7-8,15,24H,6,9-14H2,1-4H3. The molecule has 0 radical (unpaired) electrons. The molecule has 2 aromatic rings. The van der Waals surface area contributed by atoms with Crippen molar-refractivity contribution >= 4 is 16.0 Å². The quantitative estimate of drug-likeness (QED) is 0.696. The number of nitrogens with zero attached hydrogens (tertiary/aromatic N) is 4. The SMILES string of the molecule is Cc1cc(C)c(C)c(S(=O)(=O)NCCCN2CCN(c3ncccn3)CC2)c1C. The minimum atomic E-state index is -3.51. The van der Waals surface area contributed by atoms with Gasteiger partial charge in [0.05, 0.1) is 4.90 Å². The second kappa shape index (κ2) is 9.19. The van der Waals surface area contributed by atoms with Gasteiger partial charge in [-0.05, 0) is 69.0 Å². The first kappa shape index (κ1) is 21.7. The van der Waals surface area contributed by atoms with E-state index in [1.165, 1.54) is 0 Å². The molecule has 3 rings (SSSR count). The molecule has 29 heavy (non-hydrogen) atoms. The smallest absolute Gasteiger partial charge is 0.241 e. The van der Waals surface area contributed by atoms with E-state index in [9.17, 15) is 8.42 Å². The van der Waals surface area contributed by atoms with Gasteiger partial charge in [0.1, 0.15) is 0 Å². The number of rotatable bonds is 7. The molecule has 1 saturated heterocycles. The Bertz CT molecular complexity index is 913. The fraction of sp³-hybridized carbons (Fsp3) is 0.524. The van der Waals surface area contributed by atoms with E-state index in [0.717, 1.165) is 67.3 Å². The first-order chi connectivity index (χ1) is 13.8. The Morgan fingerprint density at radius 1 is 0.966 bits per heavy atom. The van der Waals surface area contributed by atoms with Crippen molar-refractivity contribution < 1.29 is 8.42 Å². The molecule has 158 valence electrons. The maximum Gasteiger partial charge on any atom is 0.241 e. The Labute approximate surface area is 174 Å². The summed E-state index contributed by atoms with van der Waals surface area (Å²) in [5.41, 5.74) is 3.68. The predicted molar refractivity (Wildman–Crippen MR) is 116 cm³/mol. The van der Waals surface area contributed by atoms with Crippen LogP contribution in [0.1, 0.15) is 28.7 Å². The van der Waals surface area contributed by atoms with Gasteiger partial charge >= 0.3 is 0 Å². The average Bonchev–Trinajstić information content (AvgIpc) is 2.71. The molecule has 2 heterocycles. The van der Waals surface area contributed by atoms with Crippen molar-refractivity contribution in [2.75, 3.05) is 44.2 Å². The maximum atomic E-state index is 12.9. The van der Waals surface area contributed by atoms with Gasteiger partial charge in [-0.2, -0.15) is 0 Å². The Kier molecular flexibility index (Phi) is 6.87. The number of hydrogen-bond acceptors (Lipinski definition) is 6. The number of hydrogen-bond donors (Lipinski definition) is 1. The van der Waals surface area contributed by atoms with Crippen LogP contribution in [0.2, 0.25) is 0 Å². The van der Waals surface area contributed by atoms with Crippen molar-refractivity contribution in [2.24, 2.45) is 0 Å². The van der Waals surface area contributed by atoms with E-state index in [-0.39, 0.29) is 0 Å². The zero-order valence-electron chi connectivity index (χ0n) is 17.8. The van der Waals surface area contributed by atoms with Crippen LogP contribution in [-0.4, -0.2) is 62.6 Å². The van der Waals surface area contributed by atoms with Crippen molar-refractivity contribution in [2.45, 2.75) is 39.0 Å². The molecule has 1 aromatic carbocycles. The van der Waals surface area contributed by atoms with E-state index in [4.69, 9.17) is 0 Å². The van der Waals surface area contributed by atoms with Gasteiger partial charge in [0.15, 0.2) is 0 Å². The zero-order chi connectivity index (χ0) is 21.0. The molecule has 1 aliphatic rings. The van der Waals surface area contributed by atoms with Crippen LogP contribution in [0, 0.1) is 27.7 Å². The van der Waals surface area contributed by atoms with E-state index in [1.807, 2.05) is 39.8 Å². The molecule has 1 fully saturated rings. The largest absolute Gasteiger partial charge is 0.338 e. The fourth-order valence-corrected chi connectivity index (χ4v) is 5.48. The van der Waals surface area contributed by atoms with Crippen molar-refractivity contribution in [1.29, 1.82) is 0 Å². The number of aromatic nitrogens is 2. The molecule has 1 aromatic heterocycles. The van der Waals surface area contributed by atoms with Gasteiger partial charge in [-0.15, -0.1) is 0 Å². The van der Waals surface area contributed by atoms with Gasteiger partial charge in [-0.25, -0.2) is 23.1 Å². The van der Waals surface area contributed by atoms with Crippen LogP contribution >= 0.6 is 0 Å². The molecular formula is C21H31N5O2S. The monoisotopic (exact) mass is 417 g/mol. The van der Waals surface area contributed by atoms with Crippen LogP contribution in [0.3, 0.4) is 0 Å². The molecule has 0 unspecified atom stereocenters. The summed E-state index contributed by atoms with van der Waals surface area (Å²) in [6.07, 6.45) is 4.31. The summed E-state index contributed by atoms with van der Waals surface area (Å²) in [4.78, 5) is 13.6. The first-order valence-corrected chi connectivity index (χ1v) is 11.6. The van der Waals surface area contributed by atoms with Crippen LogP contribution in [0.5, 0.6) is 0 Å². The lowest BCUT2D eigenvalue weighted by molar-refractivity contribution is 0.254. The van der Waals surface area contributed by atoms with Crippen molar-refractivity contribution in [3.8, 4) is 0 Å². The molecule has 1 aliphatic heterocycles. The Morgan fingerprint density at radius 3 is 2.14 bits per heavy atom. The van der Waals surface area contributed by atoms with Gasteiger partial charge < -0.3 is 4.90 Å². The lowest BCUT2D eigenvalue weighted by Crippen LogP contribution is -2.47. The topological polar surface area (TPSA) is 78.4 Å². The summed E-state index contributed by atoms with van der Waals surface area (Å²) in [5.74, 6) is 0.777. The minimum absolute atomic E-state index is 0.437. The van der Waals surface area contributed by atoms with Crippen LogP contribution in [0.15, 0.2) is 29.4 Å². The molecular weight excluding hydrogens is 386 g/mol. The summed E-state index contributed by atoms with van der Waals surface area (Å²) in [7, 11) is -3.51. The Balaban J connectivity index is 1.49. The van der Waals surface area contributed by atoms with Crippen LogP contribution in [0.4, 0.5) is 5.95 Å². The third kappa shape index (κ3) is 5.12. The number of nitrogens with one attached hydrogen (secondary N) is 1. The molecule has 0 saturated carbocycles. The molecule has 8 heteroatoms. The Hall–Kier alpha value is -2.03. The summed E-state index contributed by atoms with van der Waals surface area (Å²) in [6.45, 7) is 12.6. The highest BCUT2D eigenvalue weighted by Gasteiger charge is 2.22. The normalized spacial score (nSPS) is 15.7. The summed E-state index contributed by atoms with van der Waals surface area (Å²) in [6, 6.07) is 3.87. The van der Waals surface area contributed by atoms with Gasteiger partial charge in [0.25, 0.3) is 0 Å². The van der Waals surface area contributed by atoms with Crippen molar-refractivity contribution in [3.05, 3.63) is 46.8 Å². The van der Waals surface area contributed by atoms with Crippen LogP contribution in [-0.2, 0) is 10.0 Å². The first-order valence-electron chi connectivity index (χ1n) is 10.1. The molecule has 7 nitrogen and oxygen atoms in total.